The smallest absolute Gasteiger partial charge is 0.211 e. The first-order valence-corrected chi connectivity index (χ1v) is 4.65. The first-order chi connectivity index (χ1) is 7.13. The van der Waals surface area contributed by atoms with E-state index in [1.807, 2.05) is 0 Å². The van der Waals surface area contributed by atoms with Crippen LogP contribution in [-0.2, 0) is 5.41 Å². The monoisotopic (exact) mass is 208 g/mol. The van der Waals surface area contributed by atoms with Gasteiger partial charge in [-0.15, -0.1) is 0 Å². The molecule has 0 amide bonds. The van der Waals surface area contributed by atoms with Crippen LogP contribution < -0.4 is 0 Å². The third kappa shape index (κ3) is 1.67. The van der Waals surface area contributed by atoms with Gasteiger partial charge in [0.1, 0.15) is 0 Å². The fourth-order valence-electron chi connectivity index (χ4n) is 1.53. The van der Waals surface area contributed by atoms with Crippen molar-refractivity contribution in [2.24, 2.45) is 4.99 Å². The molecule has 1 aliphatic rings. The molecule has 0 saturated heterocycles. The summed E-state index contributed by atoms with van der Waals surface area (Å²) in [5.74, 6) is -1.48. The van der Waals surface area contributed by atoms with Crippen molar-refractivity contribution in [1.82, 2.24) is 4.98 Å². The molecular formula is C11H10F2N2. The first kappa shape index (κ1) is 9.96. The summed E-state index contributed by atoms with van der Waals surface area (Å²) in [6.07, 6.45) is 3.10. The third-order valence-corrected chi connectivity index (χ3v) is 2.57. The Hall–Kier alpha value is -1.58. The predicted molar refractivity (Wildman–Crippen MR) is 53.9 cm³/mol. The van der Waals surface area contributed by atoms with Gasteiger partial charge in [0.05, 0.1) is 11.1 Å². The van der Waals surface area contributed by atoms with Gasteiger partial charge in [-0.1, -0.05) is 6.07 Å². The number of nitrogens with zero attached hydrogens (tertiary/aromatic N) is 2. The lowest BCUT2D eigenvalue weighted by atomic mass is 9.82. The van der Waals surface area contributed by atoms with E-state index >= 15 is 0 Å². The molecule has 1 aromatic rings. The second-order valence-electron chi connectivity index (χ2n) is 3.68. The van der Waals surface area contributed by atoms with E-state index in [-0.39, 0.29) is 6.42 Å². The number of aliphatic imine (C=N–C) groups is 1. The van der Waals surface area contributed by atoms with Crippen LogP contribution in [0.15, 0.2) is 41.4 Å². The molecule has 0 bridgehead atoms. The van der Waals surface area contributed by atoms with Crippen molar-refractivity contribution < 1.29 is 8.78 Å². The van der Waals surface area contributed by atoms with Crippen LogP contribution in [0.2, 0.25) is 0 Å². The quantitative estimate of drug-likeness (QED) is 0.651. The van der Waals surface area contributed by atoms with Crippen molar-refractivity contribution in [2.75, 3.05) is 0 Å². The van der Waals surface area contributed by atoms with E-state index in [1.54, 1.807) is 31.3 Å². The third-order valence-electron chi connectivity index (χ3n) is 2.57. The molecule has 78 valence electrons. The maximum absolute atomic E-state index is 13.6. The lowest BCUT2D eigenvalue weighted by molar-refractivity contribution is 0.507. The highest BCUT2D eigenvalue weighted by molar-refractivity contribution is 5.88. The molecule has 0 radical (unpaired) electrons. The number of hydrogen-bond acceptors (Lipinski definition) is 2. The van der Waals surface area contributed by atoms with E-state index in [1.165, 1.54) is 6.08 Å². The van der Waals surface area contributed by atoms with Crippen molar-refractivity contribution >= 4 is 5.97 Å². The van der Waals surface area contributed by atoms with Gasteiger partial charge in [0.25, 0.3) is 0 Å². The Labute approximate surface area is 86.4 Å². The van der Waals surface area contributed by atoms with Gasteiger partial charge in [-0.2, -0.15) is 13.8 Å². The molecule has 2 nitrogen and oxygen atoms in total. The minimum atomic E-state index is -0.934. The van der Waals surface area contributed by atoms with Crippen LogP contribution >= 0.6 is 0 Å². The van der Waals surface area contributed by atoms with E-state index in [0.717, 1.165) is 0 Å². The van der Waals surface area contributed by atoms with E-state index in [0.29, 0.717) is 5.69 Å². The van der Waals surface area contributed by atoms with Gasteiger partial charge >= 0.3 is 0 Å². The second kappa shape index (κ2) is 3.53. The standard InChI is InChI=1S/C11H10F2N2/c1-11(8-4-2-3-7-14-8)6-5-9(12)15-10(11)13/h2-5,7H,6H2,1H3. The predicted octanol–water partition coefficient (Wildman–Crippen LogP) is 2.92. The van der Waals surface area contributed by atoms with Gasteiger partial charge in [0.15, 0.2) is 0 Å². The van der Waals surface area contributed by atoms with Crippen LogP contribution in [0, 0.1) is 0 Å². The summed E-state index contributed by atoms with van der Waals surface area (Å²) in [5, 5.41) is 0. The molecule has 0 N–H and O–H groups in total. The lowest BCUT2D eigenvalue weighted by Crippen LogP contribution is -2.32. The van der Waals surface area contributed by atoms with E-state index in [4.69, 9.17) is 0 Å². The maximum Gasteiger partial charge on any atom is 0.211 e. The molecule has 1 atom stereocenters. The highest BCUT2D eigenvalue weighted by Gasteiger charge is 2.36. The molecule has 0 saturated carbocycles. The summed E-state index contributed by atoms with van der Waals surface area (Å²) in [7, 11) is 0. The SMILES string of the molecule is CC1(c2ccccn2)CC=C(F)N=C1F. The zero-order valence-electron chi connectivity index (χ0n) is 8.24. The minimum Gasteiger partial charge on any atom is -0.260 e. The van der Waals surface area contributed by atoms with Crippen molar-refractivity contribution in [3.05, 3.63) is 42.1 Å². The van der Waals surface area contributed by atoms with Gasteiger partial charge in [0, 0.05) is 6.20 Å². The number of hydrogen-bond donors (Lipinski definition) is 0. The van der Waals surface area contributed by atoms with Crippen LogP contribution in [0.4, 0.5) is 8.78 Å². The minimum absolute atomic E-state index is 0.241. The molecule has 1 unspecified atom stereocenters. The average molecular weight is 208 g/mol. The zero-order valence-corrected chi connectivity index (χ0v) is 8.24. The fraction of sp³-hybridized carbons (Fsp3) is 0.273. The maximum atomic E-state index is 13.6. The van der Waals surface area contributed by atoms with Crippen molar-refractivity contribution in [2.45, 2.75) is 18.8 Å². The van der Waals surface area contributed by atoms with E-state index in [2.05, 4.69) is 9.98 Å². The number of pyridine rings is 1. The molecule has 0 fully saturated rings. The molecular weight excluding hydrogens is 198 g/mol. The molecule has 0 aliphatic carbocycles. The highest BCUT2D eigenvalue weighted by Crippen LogP contribution is 2.33. The highest BCUT2D eigenvalue weighted by atomic mass is 19.1. The summed E-state index contributed by atoms with van der Waals surface area (Å²) < 4.78 is 26.3. The number of rotatable bonds is 1. The lowest BCUT2D eigenvalue weighted by Gasteiger charge is -2.26. The Balaban J connectivity index is 2.42. The molecule has 1 aromatic heterocycles. The van der Waals surface area contributed by atoms with Crippen molar-refractivity contribution in [1.29, 1.82) is 0 Å². The van der Waals surface area contributed by atoms with Crippen LogP contribution in [0.1, 0.15) is 19.0 Å². The van der Waals surface area contributed by atoms with Gasteiger partial charge in [0.2, 0.25) is 11.9 Å². The number of halogens is 2. The molecule has 0 spiro atoms. The Bertz CT molecular complexity index is 425. The van der Waals surface area contributed by atoms with Crippen LogP contribution in [-0.4, -0.2) is 10.9 Å². The van der Waals surface area contributed by atoms with Gasteiger partial charge in [-0.05, 0) is 31.6 Å². The normalized spacial score (nSPS) is 25.8. The van der Waals surface area contributed by atoms with Gasteiger partial charge in [-0.25, -0.2) is 0 Å². The molecule has 2 heterocycles. The van der Waals surface area contributed by atoms with E-state index in [9.17, 15) is 8.78 Å². The van der Waals surface area contributed by atoms with Gasteiger partial charge < -0.3 is 0 Å². The summed E-state index contributed by atoms with van der Waals surface area (Å²) >= 11 is 0. The summed E-state index contributed by atoms with van der Waals surface area (Å²) in [5.41, 5.74) is -0.369. The van der Waals surface area contributed by atoms with E-state index < -0.39 is 17.3 Å². The van der Waals surface area contributed by atoms with Crippen LogP contribution in [0.5, 0.6) is 0 Å². The molecule has 4 heteroatoms. The Morgan fingerprint density at radius 1 is 1.33 bits per heavy atom. The summed E-state index contributed by atoms with van der Waals surface area (Å²) in [6.45, 7) is 1.66. The summed E-state index contributed by atoms with van der Waals surface area (Å²) in [4.78, 5) is 7.29. The van der Waals surface area contributed by atoms with Crippen molar-refractivity contribution in [3.63, 3.8) is 0 Å². The van der Waals surface area contributed by atoms with Crippen molar-refractivity contribution in [3.8, 4) is 0 Å². The molecule has 15 heavy (non-hydrogen) atoms. The largest absolute Gasteiger partial charge is 0.260 e. The van der Waals surface area contributed by atoms with Crippen LogP contribution in [0.3, 0.4) is 0 Å². The Morgan fingerprint density at radius 3 is 2.73 bits per heavy atom. The molecule has 2 rings (SSSR count). The fourth-order valence-corrected chi connectivity index (χ4v) is 1.53. The van der Waals surface area contributed by atoms with Crippen LogP contribution in [0.25, 0.3) is 0 Å². The average Bonchev–Trinajstić information content (AvgIpc) is 2.25. The molecule has 1 aliphatic heterocycles. The number of aromatic nitrogens is 1. The number of allylic oxidation sites excluding steroid dienone is 1. The molecule has 0 aromatic carbocycles. The topological polar surface area (TPSA) is 25.2 Å². The zero-order chi connectivity index (χ0) is 10.9. The first-order valence-electron chi connectivity index (χ1n) is 4.65. The Kier molecular flexibility index (Phi) is 2.34. The summed E-state index contributed by atoms with van der Waals surface area (Å²) in [6, 6.07) is 5.24. The second-order valence-corrected chi connectivity index (χ2v) is 3.68. The van der Waals surface area contributed by atoms with Gasteiger partial charge in [-0.3, -0.25) is 4.98 Å². The Morgan fingerprint density at radius 2 is 2.13 bits per heavy atom.